The van der Waals surface area contributed by atoms with Crippen LogP contribution in [-0.2, 0) is 6.54 Å². The quantitative estimate of drug-likeness (QED) is 0.891. The van der Waals surface area contributed by atoms with Crippen LogP contribution in [0.1, 0.15) is 58.4 Å². The molecule has 2 fully saturated rings. The minimum absolute atomic E-state index is 0.339. The molecule has 0 aliphatic heterocycles. The van der Waals surface area contributed by atoms with Gasteiger partial charge in [0.25, 0.3) is 0 Å². The molecule has 1 aromatic heterocycles. The summed E-state index contributed by atoms with van der Waals surface area (Å²) < 4.78 is 6.37. The van der Waals surface area contributed by atoms with Crippen molar-refractivity contribution < 1.29 is 4.74 Å². The van der Waals surface area contributed by atoms with Gasteiger partial charge in [-0.25, -0.2) is 0 Å². The highest BCUT2D eigenvalue weighted by atomic mass is 16.5. The van der Waals surface area contributed by atoms with Gasteiger partial charge in [-0.2, -0.15) is 0 Å². The van der Waals surface area contributed by atoms with E-state index in [1.54, 1.807) is 0 Å². The van der Waals surface area contributed by atoms with E-state index in [9.17, 15) is 0 Å². The van der Waals surface area contributed by atoms with E-state index in [0.29, 0.717) is 17.6 Å². The number of nitrogens with one attached hydrogen (secondary N) is 1. The summed E-state index contributed by atoms with van der Waals surface area (Å²) in [5, 5.41) is 3.56. The molecule has 21 heavy (non-hydrogen) atoms. The van der Waals surface area contributed by atoms with Crippen LogP contribution < -0.4 is 10.1 Å². The number of hydrogen-bond acceptors (Lipinski definition) is 3. The van der Waals surface area contributed by atoms with E-state index in [0.717, 1.165) is 24.6 Å². The Bertz CT molecular complexity index is 482. The van der Waals surface area contributed by atoms with E-state index < -0.39 is 0 Å². The van der Waals surface area contributed by atoms with Crippen LogP contribution in [0.15, 0.2) is 18.5 Å². The molecule has 1 aromatic rings. The second-order valence-corrected chi connectivity index (χ2v) is 7.79. The van der Waals surface area contributed by atoms with E-state index in [2.05, 4.69) is 31.1 Å². The lowest BCUT2D eigenvalue weighted by Gasteiger charge is -2.39. The molecular formula is C18H28N2O. The summed E-state index contributed by atoms with van der Waals surface area (Å²) in [6.07, 6.45) is 10.4. The first-order valence-electron chi connectivity index (χ1n) is 8.35. The minimum atomic E-state index is 0.339. The molecule has 0 spiro atoms. The molecule has 2 aliphatic rings. The molecule has 0 amide bonds. The average molecular weight is 288 g/mol. The summed E-state index contributed by atoms with van der Waals surface area (Å²) in [5.74, 6) is 1.77. The van der Waals surface area contributed by atoms with Crippen LogP contribution in [0.3, 0.4) is 0 Å². The fourth-order valence-electron chi connectivity index (χ4n) is 3.73. The van der Waals surface area contributed by atoms with Crippen molar-refractivity contribution in [3.63, 3.8) is 0 Å². The highest BCUT2D eigenvalue weighted by Crippen LogP contribution is 2.40. The third-order valence-corrected chi connectivity index (χ3v) is 4.66. The van der Waals surface area contributed by atoms with Gasteiger partial charge in [-0.05, 0) is 49.5 Å². The van der Waals surface area contributed by atoms with Gasteiger partial charge < -0.3 is 10.1 Å². The van der Waals surface area contributed by atoms with E-state index in [1.807, 2.05) is 18.5 Å². The Morgan fingerprint density at radius 2 is 2.14 bits per heavy atom. The first kappa shape index (κ1) is 14.8. The maximum Gasteiger partial charge on any atom is 0.127 e. The van der Waals surface area contributed by atoms with Crippen molar-refractivity contribution in [3.8, 4) is 5.75 Å². The predicted molar refractivity (Wildman–Crippen MR) is 85.3 cm³/mol. The van der Waals surface area contributed by atoms with Gasteiger partial charge in [0, 0.05) is 30.5 Å². The van der Waals surface area contributed by atoms with Gasteiger partial charge in [0.1, 0.15) is 5.75 Å². The molecular weight excluding hydrogens is 260 g/mol. The number of rotatable bonds is 5. The normalized spacial score (nSPS) is 28.3. The van der Waals surface area contributed by atoms with Crippen molar-refractivity contribution in [2.75, 3.05) is 0 Å². The number of pyridine rings is 1. The highest BCUT2D eigenvalue weighted by molar-refractivity contribution is 5.30. The SMILES string of the molecule is CC1CC(Oc2ccncc2CNC2CC2)CC(C)(C)C1. The Labute approximate surface area is 128 Å². The van der Waals surface area contributed by atoms with Crippen LogP contribution in [0.4, 0.5) is 0 Å². The molecule has 1 N–H and O–H groups in total. The summed E-state index contributed by atoms with van der Waals surface area (Å²) in [6, 6.07) is 2.74. The summed E-state index contributed by atoms with van der Waals surface area (Å²) in [7, 11) is 0. The minimum Gasteiger partial charge on any atom is -0.490 e. The van der Waals surface area contributed by atoms with Gasteiger partial charge in [-0.3, -0.25) is 4.98 Å². The topological polar surface area (TPSA) is 34.1 Å². The molecule has 3 rings (SSSR count). The number of nitrogens with zero attached hydrogens (tertiary/aromatic N) is 1. The molecule has 116 valence electrons. The van der Waals surface area contributed by atoms with E-state index >= 15 is 0 Å². The average Bonchev–Trinajstić information content (AvgIpc) is 3.19. The van der Waals surface area contributed by atoms with Crippen LogP contribution >= 0.6 is 0 Å². The van der Waals surface area contributed by atoms with Crippen LogP contribution in [-0.4, -0.2) is 17.1 Å². The van der Waals surface area contributed by atoms with E-state index in [4.69, 9.17) is 4.74 Å². The second-order valence-electron chi connectivity index (χ2n) is 7.79. The molecule has 0 radical (unpaired) electrons. The van der Waals surface area contributed by atoms with Crippen molar-refractivity contribution in [2.45, 2.75) is 71.6 Å². The molecule has 0 aromatic carbocycles. The van der Waals surface area contributed by atoms with Crippen LogP contribution in [0, 0.1) is 11.3 Å². The fraction of sp³-hybridized carbons (Fsp3) is 0.722. The molecule has 0 bridgehead atoms. The Hall–Kier alpha value is -1.09. The fourth-order valence-corrected chi connectivity index (χ4v) is 3.73. The summed E-state index contributed by atoms with van der Waals surface area (Å²) >= 11 is 0. The lowest BCUT2D eigenvalue weighted by Crippen LogP contribution is -2.34. The third-order valence-electron chi connectivity index (χ3n) is 4.66. The molecule has 3 heteroatoms. The summed E-state index contributed by atoms with van der Waals surface area (Å²) in [4.78, 5) is 4.26. The van der Waals surface area contributed by atoms with Gasteiger partial charge in [-0.1, -0.05) is 20.8 Å². The smallest absolute Gasteiger partial charge is 0.127 e. The van der Waals surface area contributed by atoms with Gasteiger partial charge in [0.2, 0.25) is 0 Å². The largest absolute Gasteiger partial charge is 0.490 e. The van der Waals surface area contributed by atoms with E-state index in [1.165, 1.54) is 31.2 Å². The maximum absolute atomic E-state index is 6.37. The summed E-state index contributed by atoms with van der Waals surface area (Å²) in [5.41, 5.74) is 1.59. The standard InChI is InChI=1S/C18H28N2O/c1-13-8-16(10-18(2,3)9-13)21-17-6-7-19-11-14(17)12-20-15-4-5-15/h6-7,11,13,15-16,20H,4-5,8-10,12H2,1-3H3. The lowest BCUT2D eigenvalue weighted by molar-refractivity contribution is 0.0555. The van der Waals surface area contributed by atoms with Crippen molar-refractivity contribution in [1.29, 1.82) is 0 Å². The van der Waals surface area contributed by atoms with Crippen molar-refractivity contribution >= 4 is 0 Å². The van der Waals surface area contributed by atoms with Crippen molar-refractivity contribution in [1.82, 2.24) is 10.3 Å². The molecule has 3 nitrogen and oxygen atoms in total. The molecule has 2 unspecified atom stereocenters. The Morgan fingerprint density at radius 3 is 2.86 bits per heavy atom. The number of hydrogen-bond donors (Lipinski definition) is 1. The predicted octanol–water partition coefficient (Wildman–Crippen LogP) is 3.93. The first-order valence-corrected chi connectivity index (χ1v) is 8.35. The number of ether oxygens (including phenoxy) is 1. The van der Waals surface area contributed by atoms with Crippen LogP contribution in [0.25, 0.3) is 0 Å². The van der Waals surface area contributed by atoms with Crippen LogP contribution in [0.2, 0.25) is 0 Å². The van der Waals surface area contributed by atoms with Gasteiger partial charge in [0.05, 0.1) is 6.10 Å². The Kier molecular flexibility index (Phi) is 4.21. The zero-order valence-corrected chi connectivity index (χ0v) is 13.6. The lowest BCUT2D eigenvalue weighted by atomic mass is 9.71. The second kappa shape index (κ2) is 5.96. The molecule has 0 saturated heterocycles. The zero-order valence-electron chi connectivity index (χ0n) is 13.6. The maximum atomic E-state index is 6.37. The summed E-state index contributed by atoms with van der Waals surface area (Å²) in [6.45, 7) is 7.95. The Morgan fingerprint density at radius 1 is 1.33 bits per heavy atom. The third kappa shape index (κ3) is 4.19. The van der Waals surface area contributed by atoms with E-state index in [-0.39, 0.29) is 0 Å². The van der Waals surface area contributed by atoms with Gasteiger partial charge in [-0.15, -0.1) is 0 Å². The molecule has 2 aliphatic carbocycles. The van der Waals surface area contributed by atoms with Gasteiger partial charge >= 0.3 is 0 Å². The molecule has 2 saturated carbocycles. The van der Waals surface area contributed by atoms with Crippen LogP contribution in [0.5, 0.6) is 5.75 Å². The monoisotopic (exact) mass is 288 g/mol. The number of aromatic nitrogens is 1. The first-order chi connectivity index (χ1) is 10.0. The Balaban J connectivity index is 1.65. The van der Waals surface area contributed by atoms with Crippen molar-refractivity contribution in [2.24, 2.45) is 11.3 Å². The molecule has 2 atom stereocenters. The highest BCUT2D eigenvalue weighted by Gasteiger charge is 2.33. The van der Waals surface area contributed by atoms with Gasteiger partial charge in [0.15, 0.2) is 0 Å². The molecule has 1 heterocycles. The van der Waals surface area contributed by atoms with Crippen molar-refractivity contribution in [3.05, 3.63) is 24.0 Å². The zero-order chi connectivity index (χ0) is 14.9.